The molecule has 0 radical (unpaired) electrons. The highest BCUT2D eigenvalue weighted by atomic mass is 16.2. The van der Waals surface area contributed by atoms with E-state index in [0.29, 0.717) is 11.8 Å². The van der Waals surface area contributed by atoms with E-state index in [4.69, 9.17) is 5.73 Å². The molecule has 3 N–H and O–H groups in total. The number of fused-ring (bicyclic) bond motifs is 2. The van der Waals surface area contributed by atoms with E-state index in [0.717, 1.165) is 45.2 Å². The van der Waals surface area contributed by atoms with Crippen molar-refractivity contribution in [2.24, 2.45) is 23.5 Å². The topological polar surface area (TPSA) is 75.4 Å². The lowest BCUT2D eigenvalue weighted by molar-refractivity contribution is -0.138. The molecule has 3 fully saturated rings. The number of likely N-dealkylation sites (tertiary alicyclic amines) is 1. The number of nitrogens with one attached hydrogen (secondary N) is 1. The van der Waals surface area contributed by atoms with Crippen LogP contribution in [0.25, 0.3) is 0 Å². The van der Waals surface area contributed by atoms with Crippen molar-refractivity contribution in [1.82, 2.24) is 10.2 Å². The van der Waals surface area contributed by atoms with Gasteiger partial charge in [-0.1, -0.05) is 0 Å². The third kappa shape index (κ3) is 2.80. The second-order valence-corrected chi connectivity index (χ2v) is 7.05. The van der Waals surface area contributed by atoms with Gasteiger partial charge >= 0.3 is 0 Å². The fourth-order valence-corrected chi connectivity index (χ4v) is 4.48. The number of carbonyl (C=O) groups excluding carboxylic acids is 2. The molecule has 3 aliphatic rings. The molecule has 3 rings (SSSR count). The molecule has 5 nitrogen and oxygen atoms in total. The highest BCUT2D eigenvalue weighted by molar-refractivity contribution is 5.88. The fourth-order valence-electron chi connectivity index (χ4n) is 4.48. The van der Waals surface area contributed by atoms with Gasteiger partial charge in [0.1, 0.15) is 6.04 Å². The molecular formula is C16H27N3O2. The molecule has 0 aromatic carbocycles. The minimum Gasteiger partial charge on any atom is -0.344 e. The molecule has 118 valence electrons. The summed E-state index contributed by atoms with van der Waals surface area (Å²) < 4.78 is 0. The smallest absolute Gasteiger partial charge is 0.244 e. The summed E-state index contributed by atoms with van der Waals surface area (Å²) >= 11 is 0. The maximum atomic E-state index is 12.5. The third-order valence-electron chi connectivity index (χ3n) is 5.68. The quantitative estimate of drug-likeness (QED) is 0.811. The van der Waals surface area contributed by atoms with Crippen LogP contribution in [0.1, 0.15) is 45.4 Å². The second kappa shape index (κ2) is 5.95. The van der Waals surface area contributed by atoms with Gasteiger partial charge in [-0.3, -0.25) is 9.59 Å². The zero-order valence-corrected chi connectivity index (χ0v) is 12.9. The predicted molar refractivity (Wildman–Crippen MR) is 80.3 cm³/mol. The van der Waals surface area contributed by atoms with Crippen molar-refractivity contribution in [1.29, 1.82) is 0 Å². The molecule has 0 spiro atoms. The Labute approximate surface area is 126 Å². The number of rotatable bonds is 3. The van der Waals surface area contributed by atoms with Crippen LogP contribution in [0.15, 0.2) is 0 Å². The van der Waals surface area contributed by atoms with Gasteiger partial charge in [0.25, 0.3) is 0 Å². The highest BCUT2D eigenvalue weighted by Crippen LogP contribution is 2.47. The minimum absolute atomic E-state index is 0.00689. The number of hydrogen-bond acceptors (Lipinski definition) is 3. The van der Waals surface area contributed by atoms with Gasteiger partial charge in [-0.15, -0.1) is 0 Å². The summed E-state index contributed by atoms with van der Waals surface area (Å²) in [5.74, 6) is 0.911. The first kappa shape index (κ1) is 14.8. The van der Waals surface area contributed by atoms with E-state index in [1.165, 1.54) is 6.42 Å². The number of piperidine rings is 1. The Balaban J connectivity index is 1.55. The number of carbonyl (C=O) groups is 2. The molecule has 21 heavy (non-hydrogen) atoms. The second-order valence-electron chi connectivity index (χ2n) is 7.05. The molecule has 2 bridgehead atoms. The summed E-state index contributed by atoms with van der Waals surface area (Å²) in [5, 5.41) is 2.92. The Kier molecular flexibility index (Phi) is 4.20. The zero-order valence-electron chi connectivity index (χ0n) is 12.9. The van der Waals surface area contributed by atoms with Gasteiger partial charge in [0.05, 0.1) is 5.92 Å². The summed E-state index contributed by atoms with van der Waals surface area (Å²) in [5.41, 5.74) is 6.20. The van der Waals surface area contributed by atoms with Gasteiger partial charge in [0, 0.05) is 19.1 Å². The average molecular weight is 293 g/mol. The number of amides is 2. The lowest BCUT2D eigenvalue weighted by Crippen LogP contribution is -2.52. The highest BCUT2D eigenvalue weighted by Gasteiger charge is 2.49. The van der Waals surface area contributed by atoms with Crippen molar-refractivity contribution in [3.05, 3.63) is 0 Å². The van der Waals surface area contributed by atoms with Gasteiger partial charge in [-0.2, -0.15) is 0 Å². The summed E-state index contributed by atoms with van der Waals surface area (Å²) in [6.07, 6.45) is 6.72. The van der Waals surface area contributed by atoms with Crippen molar-refractivity contribution in [2.75, 3.05) is 13.1 Å². The third-order valence-corrected chi connectivity index (χ3v) is 5.68. The standard InChI is InChI=1S/C16H27N3O2/c1-10(16(21)19-7-3-2-4-8-19)18-15(20)13-11-5-6-12(9-11)14(13)17/h10-14H,2-9,17H2,1H3,(H,18,20). The predicted octanol–water partition coefficient (Wildman–Crippen LogP) is 0.877. The summed E-state index contributed by atoms with van der Waals surface area (Å²) in [6, 6.07) is -0.442. The maximum Gasteiger partial charge on any atom is 0.244 e. The normalized spacial score (nSPS) is 36.6. The van der Waals surface area contributed by atoms with E-state index in [2.05, 4.69) is 5.32 Å². The molecule has 0 aromatic rings. The molecule has 2 aliphatic carbocycles. The van der Waals surface area contributed by atoms with Crippen LogP contribution in [0.5, 0.6) is 0 Å². The molecule has 1 saturated heterocycles. The summed E-state index contributed by atoms with van der Waals surface area (Å²) in [4.78, 5) is 26.7. The molecule has 0 aromatic heterocycles. The Morgan fingerprint density at radius 3 is 2.43 bits per heavy atom. The van der Waals surface area contributed by atoms with Crippen molar-refractivity contribution >= 4 is 11.8 Å². The van der Waals surface area contributed by atoms with Crippen LogP contribution in [0.3, 0.4) is 0 Å². The molecule has 5 atom stereocenters. The lowest BCUT2D eigenvalue weighted by Gasteiger charge is -2.31. The molecule has 1 aliphatic heterocycles. The Hall–Kier alpha value is -1.10. The SMILES string of the molecule is CC(NC(=O)C1C2CCC(C2)C1N)C(=O)N1CCCCC1. The van der Waals surface area contributed by atoms with Crippen molar-refractivity contribution in [2.45, 2.75) is 57.5 Å². The van der Waals surface area contributed by atoms with Crippen LogP contribution in [0.4, 0.5) is 0 Å². The first-order valence-electron chi connectivity index (χ1n) is 8.42. The van der Waals surface area contributed by atoms with Gasteiger partial charge in [-0.25, -0.2) is 0 Å². The van der Waals surface area contributed by atoms with E-state index in [1.54, 1.807) is 6.92 Å². The van der Waals surface area contributed by atoms with Gasteiger partial charge in [-0.05, 0) is 57.3 Å². The number of hydrogen-bond donors (Lipinski definition) is 2. The Bertz CT molecular complexity index is 418. The van der Waals surface area contributed by atoms with Crippen LogP contribution >= 0.6 is 0 Å². The van der Waals surface area contributed by atoms with Gasteiger partial charge < -0.3 is 16.0 Å². The van der Waals surface area contributed by atoms with Crippen LogP contribution < -0.4 is 11.1 Å². The molecular weight excluding hydrogens is 266 g/mol. The van der Waals surface area contributed by atoms with Crippen molar-refractivity contribution < 1.29 is 9.59 Å². The Morgan fingerprint density at radius 1 is 1.14 bits per heavy atom. The van der Waals surface area contributed by atoms with E-state index >= 15 is 0 Å². The van der Waals surface area contributed by atoms with E-state index in [9.17, 15) is 9.59 Å². The lowest BCUT2D eigenvalue weighted by atomic mass is 9.84. The molecule has 2 saturated carbocycles. The molecule has 1 heterocycles. The molecule has 5 unspecified atom stereocenters. The Morgan fingerprint density at radius 2 is 1.81 bits per heavy atom. The fraction of sp³-hybridized carbons (Fsp3) is 0.875. The first-order chi connectivity index (χ1) is 10.1. The van der Waals surface area contributed by atoms with Crippen LogP contribution in [-0.2, 0) is 9.59 Å². The van der Waals surface area contributed by atoms with E-state index in [-0.39, 0.29) is 23.8 Å². The molecule has 2 amide bonds. The first-order valence-corrected chi connectivity index (χ1v) is 8.42. The number of nitrogens with zero attached hydrogens (tertiary/aromatic N) is 1. The minimum atomic E-state index is -0.429. The van der Waals surface area contributed by atoms with Crippen LogP contribution in [-0.4, -0.2) is 41.9 Å². The zero-order chi connectivity index (χ0) is 15.0. The van der Waals surface area contributed by atoms with E-state index < -0.39 is 6.04 Å². The molecule has 5 heteroatoms. The van der Waals surface area contributed by atoms with E-state index in [1.807, 2.05) is 4.90 Å². The van der Waals surface area contributed by atoms with Gasteiger partial charge in [0.15, 0.2) is 0 Å². The monoisotopic (exact) mass is 293 g/mol. The average Bonchev–Trinajstić information content (AvgIpc) is 3.08. The van der Waals surface area contributed by atoms with Crippen molar-refractivity contribution in [3.63, 3.8) is 0 Å². The summed E-state index contributed by atoms with van der Waals surface area (Å²) in [7, 11) is 0. The van der Waals surface area contributed by atoms with Crippen molar-refractivity contribution in [3.8, 4) is 0 Å². The van der Waals surface area contributed by atoms with Crippen LogP contribution in [0, 0.1) is 17.8 Å². The maximum absolute atomic E-state index is 12.5. The number of nitrogens with two attached hydrogens (primary N) is 1. The largest absolute Gasteiger partial charge is 0.344 e. The van der Waals surface area contributed by atoms with Gasteiger partial charge in [0.2, 0.25) is 11.8 Å². The summed E-state index contributed by atoms with van der Waals surface area (Å²) in [6.45, 7) is 3.45. The van der Waals surface area contributed by atoms with Crippen LogP contribution in [0.2, 0.25) is 0 Å².